The van der Waals surface area contributed by atoms with E-state index in [2.05, 4.69) is 6.92 Å². The Morgan fingerprint density at radius 1 is 1.43 bits per heavy atom. The number of likely N-dealkylation sites (tertiary alicyclic amines) is 1. The molecular weight excluding hydrogens is 176 g/mol. The number of hydrogen-bond acceptors (Lipinski definition) is 2. The monoisotopic (exact) mass is 196 g/mol. The minimum Gasteiger partial charge on any atom is -0.341 e. The molecule has 1 saturated carbocycles. The van der Waals surface area contributed by atoms with Gasteiger partial charge >= 0.3 is 0 Å². The first-order valence-corrected chi connectivity index (χ1v) is 5.67. The molecule has 80 valence electrons. The zero-order valence-corrected chi connectivity index (χ0v) is 8.96. The number of hydrogen-bond donors (Lipinski definition) is 1. The van der Waals surface area contributed by atoms with Gasteiger partial charge in [-0.25, -0.2) is 0 Å². The quantitative estimate of drug-likeness (QED) is 0.683. The van der Waals surface area contributed by atoms with E-state index in [1.807, 2.05) is 4.90 Å². The summed E-state index contributed by atoms with van der Waals surface area (Å²) in [6.07, 6.45) is 5.53. The van der Waals surface area contributed by atoms with Gasteiger partial charge in [-0.3, -0.25) is 4.79 Å². The molecule has 1 aliphatic heterocycles. The minimum absolute atomic E-state index is 0.0654. The van der Waals surface area contributed by atoms with Gasteiger partial charge in [0.25, 0.3) is 0 Å². The molecule has 2 fully saturated rings. The van der Waals surface area contributed by atoms with Gasteiger partial charge in [0.1, 0.15) is 0 Å². The van der Waals surface area contributed by atoms with Crippen molar-refractivity contribution in [3.8, 4) is 0 Å². The summed E-state index contributed by atoms with van der Waals surface area (Å²) in [6.45, 7) is 3.76. The van der Waals surface area contributed by atoms with E-state index in [1.54, 1.807) is 0 Å². The Hall–Kier alpha value is -0.570. The summed E-state index contributed by atoms with van der Waals surface area (Å²) >= 11 is 0. The SMILES string of the molecule is CC1(C(=O)N2CC[C@H](N)C2)CCCC1. The zero-order valence-electron chi connectivity index (χ0n) is 8.96. The number of nitrogens with two attached hydrogens (primary N) is 1. The second-order valence-electron chi connectivity index (χ2n) is 5.07. The van der Waals surface area contributed by atoms with Crippen LogP contribution in [0.3, 0.4) is 0 Å². The zero-order chi connectivity index (χ0) is 10.2. The van der Waals surface area contributed by atoms with Gasteiger partial charge in [-0.1, -0.05) is 19.8 Å². The largest absolute Gasteiger partial charge is 0.341 e. The number of carbonyl (C=O) groups is 1. The molecule has 2 rings (SSSR count). The van der Waals surface area contributed by atoms with E-state index in [1.165, 1.54) is 12.8 Å². The van der Waals surface area contributed by atoms with E-state index in [0.717, 1.165) is 32.4 Å². The van der Waals surface area contributed by atoms with Crippen molar-refractivity contribution >= 4 is 5.91 Å². The summed E-state index contributed by atoms with van der Waals surface area (Å²) in [5.41, 5.74) is 5.75. The molecule has 0 aromatic heterocycles. The Kier molecular flexibility index (Phi) is 2.52. The van der Waals surface area contributed by atoms with E-state index in [4.69, 9.17) is 5.73 Å². The van der Waals surface area contributed by atoms with Crippen LogP contribution in [0.25, 0.3) is 0 Å². The van der Waals surface area contributed by atoms with Gasteiger partial charge in [0.15, 0.2) is 0 Å². The van der Waals surface area contributed by atoms with Crippen LogP contribution >= 0.6 is 0 Å². The highest BCUT2D eigenvalue weighted by atomic mass is 16.2. The maximum atomic E-state index is 12.2. The Morgan fingerprint density at radius 3 is 2.57 bits per heavy atom. The molecular formula is C11H20N2O. The van der Waals surface area contributed by atoms with Crippen molar-refractivity contribution in [2.45, 2.75) is 45.1 Å². The summed E-state index contributed by atoms with van der Waals surface area (Å²) in [6, 6.07) is 0.212. The second-order valence-corrected chi connectivity index (χ2v) is 5.07. The second kappa shape index (κ2) is 3.54. The summed E-state index contributed by atoms with van der Waals surface area (Å²) < 4.78 is 0. The van der Waals surface area contributed by atoms with Crippen LogP contribution in [0.4, 0.5) is 0 Å². The lowest BCUT2D eigenvalue weighted by Gasteiger charge is -2.28. The lowest BCUT2D eigenvalue weighted by molar-refractivity contribution is -0.139. The molecule has 0 unspecified atom stereocenters. The van der Waals surface area contributed by atoms with Crippen LogP contribution in [-0.2, 0) is 4.79 Å². The van der Waals surface area contributed by atoms with Gasteiger partial charge < -0.3 is 10.6 Å². The average molecular weight is 196 g/mol. The Balaban J connectivity index is 2.00. The smallest absolute Gasteiger partial charge is 0.228 e. The van der Waals surface area contributed by atoms with Crippen LogP contribution in [0.1, 0.15) is 39.0 Å². The third kappa shape index (κ3) is 1.65. The van der Waals surface area contributed by atoms with Crippen molar-refractivity contribution in [3.63, 3.8) is 0 Å². The molecule has 14 heavy (non-hydrogen) atoms. The molecule has 1 heterocycles. The van der Waals surface area contributed by atoms with Crippen molar-refractivity contribution in [1.82, 2.24) is 4.90 Å². The molecule has 1 atom stereocenters. The predicted octanol–water partition coefficient (Wildman–Crippen LogP) is 1.13. The fourth-order valence-corrected chi connectivity index (χ4v) is 2.72. The highest BCUT2D eigenvalue weighted by Crippen LogP contribution is 2.39. The van der Waals surface area contributed by atoms with Crippen molar-refractivity contribution in [1.29, 1.82) is 0 Å². The first kappa shape index (κ1) is 9.97. The van der Waals surface area contributed by atoms with Crippen LogP contribution in [0, 0.1) is 5.41 Å². The molecule has 3 nitrogen and oxygen atoms in total. The highest BCUT2D eigenvalue weighted by molar-refractivity contribution is 5.82. The maximum absolute atomic E-state index is 12.2. The van der Waals surface area contributed by atoms with Gasteiger partial charge in [0.2, 0.25) is 5.91 Å². The van der Waals surface area contributed by atoms with E-state index in [9.17, 15) is 4.79 Å². The Bertz CT molecular complexity index is 233. The van der Waals surface area contributed by atoms with Crippen molar-refractivity contribution in [2.24, 2.45) is 11.1 Å². The van der Waals surface area contributed by atoms with Crippen LogP contribution < -0.4 is 5.73 Å². The number of carbonyl (C=O) groups excluding carboxylic acids is 1. The summed E-state index contributed by atoms with van der Waals surface area (Å²) in [7, 11) is 0. The standard InChI is InChI=1S/C11H20N2O/c1-11(5-2-3-6-11)10(14)13-7-4-9(12)8-13/h9H,2-8,12H2,1H3/t9-/m0/s1. The summed E-state index contributed by atoms with van der Waals surface area (Å²) in [5.74, 6) is 0.350. The molecule has 0 spiro atoms. The Labute approximate surface area is 85.6 Å². The molecule has 0 radical (unpaired) electrons. The van der Waals surface area contributed by atoms with Gasteiger partial charge in [0, 0.05) is 24.5 Å². The first-order chi connectivity index (χ1) is 6.62. The van der Waals surface area contributed by atoms with Crippen molar-refractivity contribution in [2.75, 3.05) is 13.1 Å². The topological polar surface area (TPSA) is 46.3 Å². The van der Waals surface area contributed by atoms with E-state index >= 15 is 0 Å². The molecule has 1 amide bonds. The first-order valence-electron chi connectivity index (χ1n) is 5.67. The molecule has 1 saturated heterocycles. The molecule has 2 aliphatic rings. The van der Waals surface area contributed by atoms with Crippen LogP contribution in [0.2, 0.25) is 0 Å². The van der Waals surface area contributed by atoms with Crippen LogP contribution in [0.5, 0.6) is 0 Å². The van der Waals surface area contributed by atoms with E-state index < -0.39 is 0 Å². The lowest BCUT2D eigenvalue weighted by atomic mass is 9.87. The average Bonchev–Trinajstić information content (AvgIpc) is 2.74. The molecule has 0 aromatic rings. The van der Waals surface area contributed by atoms with Crippen LogP contribution in [-0.4, -0.2) is 29.9 Å². The minimum atomic E-state index is -0.0654. The van der Waals surface area contributed by atoms with Gasteiger partial charge in [-0.15, -0.1) is 0 Å². The highest BCUT2D eigenvalue weighted by Gasteiger charge is 2.40. The normalized spacial score (nSPS) is 31.0. The van der Waals surface area contributed by atoms with E-state index in [-0.39, 0.29) is 11.5 Å². The molecule has 2 N–H and O–H groups in total. The van der Waals surface area contributed by atoms with Gasteiger partial charge in [0.05, 0.1) is 0 Å². The Morgan fingerprint density at radius 2 is 2.07 bits per heavy atom. The number of rotatable bonds is 1. The predicted molar refractivity (Wildman–Crippen MR) is 55.7 cm³/mol. The fourth-order valence-electron chi connectivity index (χ4n) is 2.72. The van der Waals surface area contributed by atoms with Gasteiger partial charge in [-0.05, 0) is 19.3 Å². The summed E-state index contributed by atoms with van der Waals surface area (Å²) in [5, 5.41) is 0. The third-order valence-corrected chi connectivity index (χ3v) is 3.74. The number of amides is 1. The maximum Gasteiger partial charge on any atom is 0.228 e. The number of nitrogens with zero attached hydrogens (tertiary/aromatic N) is 1. The molecule has 1 aliphatic carbocycles. The van der Waals surface area contributed by atoms with Crippen LogP contribution in [0.15, 0.2) is 0 Å². The molecule has 0 bridgehead atoms. The van der Waals surface area contributed by atoms with Crippen molar-refractivity contribution in [3.05, 3.63) is 0 Å². The third-order valence-electron chi connectivity index (χ3n) is 3.74. The fraction of sp³-hybridized carbons (Fsp3) is 0.909. The summed E-state index contributed by atoms with van der Waals surface area (Å²) in [4.78, 5) is 14.2. The van der Waals surface area contributed by atoms with Crippen molar-refractivity contribution < 1.29 is 4.79 Å². The molecule has 0 aromatic carbocycles. The van der Waals surface area contributed by atoms with Gasteiger partial charge in [-0.2, -0.15) is 0 Å². The van der Waals surface area contributed by atoms with E-state index in [0.29, 0.717) is 5.91 Å². The molecule has 3 heteroatoms. The lowest BCUT2D eigenvalue weighted by Crippen LogP contribution is -2.40.